The lowest BCUT2D eigenvalue weighted by Gasteiger charge is -2.29. The van der Waals surface area contributed by atoms with Gasteiger partial charge < -0.3 is 24.6 Å². The molecule has 1 amide bonds. The Kier molecular flexibility index (Phi) is 5.78. The smallest absolute Gasteiger partial charge is 0.279 e. The number of nitrogens with one attached hydrogen (secondary N) is 3. The molecule has 3 N–H and O–H groups in total. The van der Waals surface area contributed by atoms with Crippen molar-refractivity contribution in [3.8, 4) is 11.5 Å². The second kappa shape index (κ2) is 8.63. The Labute approximate surface area is 170 Å². The van der Waals surface area contributed by atoms with Crippen molar-refractivity contribution in [2.75, 3.05) is 44.8 Å². The molecule has 2 aromatic rings. The van der Waals surface area contributed by atoms with E-state index >= 15 is 0 Å². The molecule has 0 radical (unpaired) electrons. The summed E-state index contributed by atoms with van der Waals surface area (Å²) in [6.07, 6.45) is 0. The van der Waals surface area contributed by atoms with Gasteiger partial charge in [0.15, 0.2) is 23.8 Å². The molecule has 0 aromatic heterocycles. The van der Waals surface area contributed by atoms with Gasteiger partial charge in [-0.05, 0) is 37.3 Å². The molecule has 7 nitrogen and oxygen atoms in total. The van der Waals surface area contributed by atoms with Crippen molar-refractivity contribution in [1.29, 1.82) is 0 Å². The maximum Gasteiger partial charge on any atom is 0.279 e. The number of rotatable bonds is 6. The third-order valence-electron chi connectivity index (χ3n) is 5.55. The zero-order valence-corrected chi connectivity index (χ0v) is 16.6. The van der Waals surface area contributed by atoms with Crippen LogP contribution in [0, 0.1) is 0 Å². The molecule has 0 unspecified atom stereocenters. The first-order valence-electron chi connectivity index (χ1n) is 10.0. The first-order valence-corrected chi connectivity index (χ1v) is 10.0. The van der Waals surface area contributed by atoms with Crippen molar-refractivity contribution in [3.63, 3.8) is 0 Å². The van der Waals surface area contributed by atoms with E-state index in [9.17, 15) is 9.59 Å². The summed E-state index contributed by atoms with van der Waals surface area (Å²) in [5.74, 6) is 1.55. The lowest BCUT2D eigenvalue weighted by Crippen LogP contribution is -3.28. The molecule has 0 atom stereocenters. The third-order valence-corrected chi connectivity index (χ3v) is 5.55. The number of ketones is 1. The van der Waals surface area contributed by atoms with Crippen LogP contribution in [0.1, 0.15) is 22.8 Å². The van der Waals surface area contributed by atoms with Crippen molar-refractivity contribution in [2.24, 2.45) is 0 Å². The fraction of sp³-hybridized carbons (Fsp3) is 0.364. The Morgan fingerprint density at radius 1 is 0.966 bits per heavy atom. The number of para-hydroxylation sites is 1. The van der Waals surface area contributed by atoms with Gasteiger partial charge in [-0.3, -0.25) is 9.59 Å². The predicted molar refractivity (Wildman–Crippen MR) is 108 cm³/mol. The number of hydrogen-bond donors (Lipinski definition) is 3. The molecule has 7 heteroatoms. The van der Waals surface area contributed by atoms with Gasteiger partial charge in [0.1, 0.15) is 32.7 Å². The zero-order valence-electron chi connectivity index (χ0n) is 16.6. The van der Waals surface area contributed by atoms with Crippen molar-refractivity contribution in [1.82, 2.24) is 0 Å². The van der Waals surface area contributed by atoms with E-state index < -0.39 is 0 Å². The molecule has 0 bridgehead atoms. The monoisotopic (exact) mass is 397 g/mol. The highest BCUT2D eigenvalue weighted by atomic mass is 16.7. The number of benzene rings is 2. The Balaban J connectivity index is 1.26. The van der Waals surface area contributed by atoms with E-state index in [2.05, 4.69) is 17.4 Å². The van der Waals surface area contributed by atoms with E-state index in [4.69, 9.17) is 9.47 Å². The molecule has 1 fully saturated rings. The maximum atomic E-state index is 12.5. The number of hydrogen-bond acceptors (Lipinski definition) is 4. The second-order valence-corrected chi connectivity index (χ2v) is 7.69. The highest BCUT2D eigenvalue weighted by molar-refractivity contribution is 6.03. The minimum absolute atomic E-state index is 0.0472. The quantitative estimate of drug-likeness (QED) is 0.577. The minimum Gasteiger partial charge on any atom is -0.454 e. The summed E-state index contributed by atoms with van der Waals surface area (Å²) < 4.78 is 10.8. The molecule has 29 heavy (non-hydrogen) atoms. The average molecular weight is 397 g/mol. The van der Waals surface area contributed by atoms with Crippen molar-refractivity contribution < 1.29 is 28.9 Å². The van der Waals surface area contributed by atoms with Crippen molar-refractivity contribution in [3.05, 3.63) is 53.6 Å². The summed E-state index contributed by atoms with van der Waals surface area (Å²) in [5, 5.41) is 2.90. The number of carbonyl (C=O) groups is 2. The fourth-order valence-electron chi connectivity index (χ4n) is 3.97. The second-order valence-electron chi connectivity index (χ2n) is 7.69. The molecule has 2 aliphatic rings. The standard InChI is InChI=1S/C22H25N3O4/c1-16(26)18-4-2-3-5-19(18)23-22(27)14-25-10-8-24(9-11-25)13-17-6-7-20-21(12-17)29-15-28-20/h2-7,12H,8-11,13-15H2,1H3,(H,23,27)/p+2. The summed E-state index contributed by atoms with van der Waals surface area (Å²) in [5.41, 5.74) is 2.39. The normalized spacial score (nSPS) is 20.3. The highest BCUT2D eigenvalue weighted by Crippen LogP contribution is 2.32. The van der Waals surface area contributed by atoms with E-state index in [-0.39, 0.29) is 11.7 Å². The van der Waals surface area contributed by atoms with Crippen LogP contribution in [0.25, 0.3) is 0 Å². The van der Waals surface area contributed by atoms with Crippen LogP contribution in [-0.2, 0) is 11.3 Å². The average Bonchev–Trinajstić information content (AvgIpc) is 3.17. The van der Waals surface area contributed by atoms with Crippen LogP contribution >= 0.6 is 0 Å². The zero-order chi connectivity index (χ0) is 20.2. The van der Waals surface area contributed by atoms with Gasteiger partial charge in [-0.15, -0.1) is 0 Å². The maximum absolute atomic E-state index is 12.5. The molecule has 0 aliphatic carbocycles. The van der Waals surface area contributed by atoms with Gasteiger partial charge >= 0.3 is 0 Å². The number of carbonyl (C=O) groups excluding carboxylic acids is 2. The van der Waals surface area contributed by atoms with Gasteiger partial charge in [-0.25, -0.2) is 0 Å². The number of amides is 1. The van der Waals surface area contributed by atoms with Gasteiger partial charge in [-0.1, -0.05) is 12.1 Å². The van der Waals surface area contributed by atoms with E-state index in [0.29, 0.717) is 24.6 Å². The predicted octanol–water partition coefficient (Wildman–Crippen LogP) is -0.460. The lowest BCUT2D eigenvalue weighted by molar-refractivity contribution is -1.02. The van der Waals surface area contributed by atoms with E-state index in [1.54, 1.807) is 18.2 Å². The molecule has 0 saturated carbocycles. The fourth-order valence-corrected chi connectivity index (χ4v) is 3.97. The number of quaternary nitrogens is 2. The van der Waals surface area contributed by atoms with Gasteiger partial charge in [-0.2, -0.15) is 0 Å². The van der Waals surface area contributed by atoms with Crippen LogP contribution < -0.4 is 24.6 Å². The number of Topliss-reactive ketones (excluding diaryl/α,β-unsaturated/α-hetero) is 1. The van der Waals surface area contributed by atoms with E-state index in [1.165, 1.54) is 22.3 Å². The first kappa shape index (κ1) is 19.4. The molecule has 2 aliphatic heterocycles. The minimum atomic E-state index is -0.0482. The Hall–Kier alpha value is -2.90. The number of piperazine rings is 1. The lowest BCUT2D eigenvalue weighted by atomic mass is 10.1. The Morgan fingerprint density at radius 3 is 2.48 bits per heavy atom. The molecule has 1 saturated heterocycles. The van der Waals surface area contributed by atoms with Crippen LogP contribution in [0.5, 0.6) is 11.5 Å². The Morgan fingerprint density at radius 2 is 1.69 bits per heavy atom. The summed E-state index contributed by atoms with van der Waals surface area (Å²) in [6, 6.07) is 13.3. The molecule has 0 spiro atoms. The Bertz CT molecular complexity index is 907. The number of fused-ring (bicyclic) bond motifs is 1. The molecule has 152 valence electrons. The van der Waals surface area contributed by atoms with Crippen LogP contribution in [0.3, 0.4) is 0 Å². The SMILES string of the molecule is CC(=O)c1ccccc1NC(=O)C[NH+]1CC[NH+](Cc2ccc3c(c2)OCO3)CC1. The third kappa shape index (κ3) is 4.75. The molecule has 2 aromatic carbocycles. The van der Waals surface area contributed by atoms with E-state index in [1.807, 2.05) is 12.1 Å². The van der Waals surface area contributed by atoms with Gasteiger partial charge in [0.2, 0.25) is 6.79 Å². The van der Waals surface area contributed by atoms with Crippen LogP contribution in [0.4, 0.5) is 5.69 Å². The topological polar surface area (TPSA) is 73.5 Å². The van der Waals surface area contributed by atoms with E-state index in [0.717, 1.165) is 44.2 Å². The van der Waals surface area contributed by atoms with Crippen LogP contribution in [0.2, 0.25) is 0 Å². The molecule has 2 heterocycles. The largest absolute Gasteiger partial charge is 0.454 e. The van der Waals surface area contributed by atoms with Gasteiger partial charge in [0, 0.05) is 11.1 Å². The summed E-state index contributed by atoms with van der Waals surface area (Å²) in [6.45, 7) is 7.10. The van der Waals surface area contributed by atoms with Gasteiger partial charge in [0.05, 0.1) is 5.69 Å². The highest BCUT2D eigenvalue weighted by Gasteiger charge is 2.26. The summed E-state index contributed by atoms with van der Waals surface area (Å²) in [4.78, 5) is 27.0. The first-order chi connectivity index (χ1) is 14.1. The van der Waals surface area contributed by atoms with Gasteiger partial charge in [0.25, 0.3) is 5.91 Å². The summed E-state index contributed by atoms with van der Waals surface area (Å²) in [7, 11) is 0. The number of ether oxygens (including phenoxy) is 2. The van der Waals surface area contributed by atoms with Crippen LogP contribution in [-0.4, -0.2) is 51.2 Å². The van der Waals surface area contributed by atoms with Crippen molar-refractivity contribution >= 4 is 17.4 Å². The number of anilines is 1. The van der Waals surface area contributed by atoms with Crippen molar-refractivity contribution in [2.45, 2.75) is 13.5 Å². The molecular formula is C22H27N3O4+2. The van der Waals surface area contributed by atoms with Crippen LogP contribution in [0.15, 0.2) is 42.5 Å². The summed E-state index contributed by atoms with van der Waals surface area (Å²) >= 11 is 0. The molecular weight excluding hydrogens is 370 g/mol. The molecule has 4 rings (SSSR count).